The monoisotopic (exact) mass is 549 g/mol. The highest BCUT2D eigenvalue weighted by Crippen LogP contribution is 2.71. The minimum Gasteiger partial charge on any atom is -0.394 e. The van der Waals surface area contributed by atoms with E-state index < -0.39 is 33.4 Å². The zero-order valence-electron chi connectivity index (χ0n) is 23.4. The van der Waals surface area contributed by atoms with Crippen molar-refractivity contribution in [2.24, 2.45) is 17.8 Å². The van der Waals surface area contributed by atoms with Crippen LogP contribution in [0.25, 0.3) is 0 Å². The Balaban J connectivity index is 1.57. The van der Waals surface area contributed by atoms with Crippen LogP contribution in [0, 0.1) is 31.6 Å². The number of anilines is 2. The topological polar surface area (TPSA) is 98.7 Å². The predicted molar refractivity (Wildman–Crippen MR) is 156 cm³/mol. The first kappa shape index (κ1) is 27.7. The summed E-state index contributed by atoms with van der Waals surface area (Å²) in [5.41, 5.74) is 3.38. The van der Waals surface area contributed by atoms with Crippen molar-refractivity contribution in [3.8, 4) is 0 Å². The number of carbonyl (C=O) groups excluding carboxylic acids is 3. The molecule has 5 rings (SSSR count). The molecule has 8 heteroatoms. The highest BCUT2D eigenvalue weighted by atomic mass is 32.2. The molecule has 3 heterocycles. The van der Waals surface area contributed by atoms with Crippen molar-refractivity contribution in [3.05, 3.63) is 59.7 Å². The third-order valence-electron chi connectivity index (χ3n) is 9.28. The number of nitrogens with zero attached hydrogens (tertiary/aromatic N) is 1. The molecule has 7 atom stereocenters. The van der Waals surface area contributed by atoms with E-state index in [1.54, 1.807) is 16.7 Å². The molecule has 2 bridgehead atoms. The Kier molecular flexibility index (Phi) is 7.31. The molecule has 1 spiro atoms. The van der Waals surface area contributed by atoms with Gasteiger partial charge in [0.15, 0.2) is 0 Å². The van der Waals surface area contributed by atoms with Crippen LogP contribution >= 0.6 is 11.8 Å². The summed E-state index contributed by atoms with van der Waals surface area (Å²) in [7, 11) is 0. The number of likely N-dealkylation sites (tertiary alicyclic amines) is 1. The fourth-order valence-electron chi connectivity index (χ4n) is 7.05. The molecule has 39 heavy (non-hydrogen) atoms. The second kappa shape index (κ2) is 10.3. The number of para-hydroxylation sites is 1. The number of aryl methyl sites for hydroxylation is 2. The van der Waals surface area contributed by atoms with Crippen molar-refractivity contribution in [1.29, 1.82) is 0 Å². The van der Waals surface area contributed by atoms with E-state index in [1.165, 1.54) is 0 Å². The van der Waals surface area contributed by atoms with E-state index in [-0.39, 0.29) is 30.2 Å². The Bertz CT molecular complexity index is 1290. The number of aliphatic hydroxyl groups is 1. The zero-order valence-corrected chi connectivity index (χ0v) is 24.2. The molecule has 2 aromatic rings. The number of hydrogen-bond donors (Lipinski definition) is 3. The molecule has 3 fully saturated rings. The maximum atomic E-state index is 14.4. The van der Waals surface area contributed by atoms with E-state index in [9.17, 15) is 19.5 Å². The molecule has 3 amide bonds. The number of nitrogens with one attached hydrogen (secondary N) is 2. The summed E-state index contributed by atoms with van der Waals surface area (Å²) in [4.78, 5) is 44.2. The second-order valence-electron chi connectivity index (χ2n) is 11.8. The van der Waals surface area contributed by atoms with Crippen LogP contribution in [0.2, 0.25) is 0 Å². The lowest BCUT2D eigenvalue weighted by Crippen LogP contribution is -2.56. The first-order chi connectivity index (χ1) is 18.6. The highest BCUT2D eigenvalue weighted by Gasteiger charge is 2.77. The summed E-state index contributed by atoms with van der Waals surface area (Å²) in [6.07, 6.45) is 2.16. The number of fused-ring (bicyclic) bond motifs is 1. The maximum Gasteiger partial charge on any atom is 0.248 e. The first-order valence-electron chi connectivity index (χ1n) is 13.9. The number of rotatable bonds is 8. The second-order valence-corrected chi connectivity index (χ2v) is 13.7. The van der Waals surface area contributed by atoms with Crippen molar-refractivity contribution in [3.63, 3.8) is 0 Å². The third-order valence-corrected chi connectivity index (χ3v) is 11.3. The smallest absolute Gasteiger partial charge is 0.248 e. The SMILES string of the molecule is CC[C@H](C)[C@H](CO)N1C(=O)[C@@H]2[C@H](C(=O)Nc3ccccc3)[C@]3(C)CCC2(S3)C1C(=O)Nc1cc(C)ccc1C. The minimum atomic E-state index is -0.789. The van der Waals surface area contributed by atoms with Gasteiger partial charge < -0.3 is 20.6 Å². The van der Waals surface area contributed by atoms with Crippen molar-refractivity contribution < 1.29 is 19.5 Å². The van der Waals surface area contributed by atoms with Crippen molar-refractivity contribution in [1.82, 2.24) is 4.90 Å². The molecule has 0 aromatic heterocycles. The fraction of sp³-hybridized carbons (Fsp3) is 0.516. The van der Waals surface area contributed by atoms with E-state index in [0.717, 1.165) is 29.7 Å². The Morgan fingerprint density at radius 2 is 1.82 bits per heavy atom. The van der Waals surface area contributed by atoms with Crippen molar-refractivity contribution in [2.75, 3.05) is 17.2 Å². The Morgan fingerprint density at radius 3 is 2.49 bits per heavy atom. The molecule has 2 unspecified atom stereocenters. The van der Waals surface area contributed by atoms with Crippen LogP contribution in [0.1, 0.15) is 51.2 Å². The Morgan fingerprint density at radius 1 is 1.10 bits per heavy atom. The van der Waals surface area contributed by atoms with Gasteiger partial charge in [0.05, 0.1) is 29.2 Å². The zero-order chi connectivity index (χ0) is 28.1. The Hall–Kier alpha value is -2.84. The highest BCUT2D eigenvalue weighted by molar-refractivity contribution is 8.02. The maximum absolute atomic E-state index is 14.4. The largest absolute Gasteiger partial charge is 0.394 e. The van der Waals surface area contributed by atoms with Crippen LogP contribution in [0.3, 0.4) is 0 Å². The molecule has 3 saturated heterocycles. The average Bonchev–Trinajstić information content (AvgIpc) is 3.48. The van der Waals surface area contributed by atoms with Gasteiger partial charge in [0, 0.05) is 16.1 Å². The summed E-state index contributed by atoms with van der Waals surface area (Å²) in [6.45, 7) is 9.78. The van der Waals surface area contributed by atoms with Gasteiger partial charge in [0.2, 0.25) is 17.7 Å². The number of hydrogen-bond acceptors (Lipinski definition) is 5. The summed E-state index contributed by atoms with van der Waals surface area (Å²) >= 11 is 1.64. The lowest BCUT2D eigenvalue weighted by atomic mass is 9.66. The first-order valence-corrected chi connectivity index (χ1v) is 14.7. The van der Waals surface area contributed by atoms with Gasteiger partial charge in [-0.15, -0.1) is 11.8 Å². The quantitative estimate of drug-likeness (QED) is 0.441. The van der Waals surface area contributed by atoms with Crippen LogP contribution in [0.15, 0.2) is 48.5 Å². The van der Waals surface area contributed by atoms with Gasteiger partial charge in [-0.05, 0) is 68.9 Å². The van der Waals surface area contributed by atoms with Gasteiger partial charge in [-0.25, -0.2) is 0 Å². The standard InChI is InChI=1S/C31H39N3O4S/c1-6-19(3)23(17-35)34-26(28(37)33-22-16-18(2)12-13-20(22)4)31-15-14-30(5,39-31)24(25(31)29(34)38)27(36)32-21-10-8-7-9-11-21/h7-13,16,19,23-26,35H,6,14-15,17H2,1-5H3,(H,32,36)(H,33,37)/t19-,23-,24+,25-,26?,30-,31?/m0/s1. The number of amides is 3. The number of thioether (sulfide) groups is 1. The van der Waals surface area contributed by atoms with Gasteiger partial charge >= 0.3 is 0 Å². The number of carbonyl (C=O) groups is 3. The van der Waals surface area contributed by atoms with Gasteiger partial charge in [0.25, 0.3) is 0 Å². The molecule has 7 nitrogen and oxygen atoms in total. The van der Waals surface area contributed by atoms with Crippen LogP contribution < -0.4 is 10.6 Å². The van der Waals surface area contributed by atoms with Gasteiger partial charge in [-0.2, -0.15) is 0 Å². The van der Waals surface area contributed by atoms with Gasteiger partial charge in [-0.3, -0.25) is 14.4 Å². The van der Waals surface area contributed by atoms with Crippen LogP contribution in [0.5, 0.6) is 0 Å². The van der Waals surface area contributed by atoms with Gasteiger partial charge in [0.1, 0.15) is 6.04 Å². The lowest BCUT2D eigenvalue weighted by Gasteiger charge is -2.39. The summed E-state index contributed by atoms with van der Waals surface area (Å²) in [5, 5.41) is 16.7. The molecule has 0 saturated carbocycles. The van der Waals surface area contributed by atoms with Crippen LogP contribution in [-0.2, 0) is 14.4 Å². The lowest BCUT2D eigenvalue weighted by molar-refractivity contribution is -0.142. The van der Waals surface area contributed by atoms with Crippen molar-refractivity contribution in [2.45, 2.75) is 75.5 Å². The predicted octanol–water partition coefficient (Wildman–Crippen LogP) is 4.77. The number of benzene rings is 2. The molecular weight excluding hydrogens is 510 g/mol. The van der Waals surface area contributed by atoms with E-state index in [0.29, 0.717) is 12.1 Å². The fourth-order valence-corrected chi connectivity index (χ4v) is 9.39. The molecule has 3 N–H and O–H groups in total. The molecule has 2 aromatic carbocycles. The van der Waals surface area contributed by atoms with Crippen LogP contribution in [-0.4, -0.2) is 55.9 Å². The minimum absolute atomic E-state index is 0.0143. The van der Waals surface area contributed by atoms with E-state index >= 15 is 0 Å². The molecular formula is C31H39N3O4S. The molecule has 0 aliphatic carbocycles. The molecule has 3 aliphatic heterocycles. The van der Waals surface area contributed by atoms with Gasteiger partial charge in [-0.1, -0.05) is 50.6 Å². The summed E-state index contributed by atoms with van der Waals surface area (Å²) in [5.74, 6) is -1.87. The van der Waals surface area contributed by atoms with Crippen molar-refractivity contribution >= 4 is 40.9 Å². The summed E-state index contributed by atoms with van der Waals surface area (Å²) < 4.78 is -1.21. The molecule has 208 valence electrons. The normalized spacial score (nSPS) is 30.7. The van der Waals surface area contributed by atoms with E-state index in [4.69, 9.17) is 0 Å². The number of aliphatic hydroxyl groups excluding tert-OH is 1. The summed E-state index contributed by atoms with van der Waals surface area (Å²) in [6, 6.07) is 13.9. The molecule has 0 radical (unpaired) electrons. The Labute approximate surface area is 235 Å². The van der Waals surface area contributed by atoms with E-state index in [1.807, 2.05) is 76.2 Å². The average molecular weight is 550 g/mol. The van der Waals surface area contributed by atoms with Crippen LogP contribution in [0.4, 0.5) is 11.4 Å². The third kappa shape index (κ3) is 4.45. The molecule has 3 aliphatic rings. The van der Waals surface area contributed by atoms with E-state index in [2.05, 4.69) is 17.6 Å².